The summed E-state index contributed by atoms with van der Waals surface area (Å²) < 4.78 is 0. The molecule has 0 saturated heterocycles. The largest absolute Gasteiger partial charge is 0.292 e. The lowest BCUT2D eigenvalue weighted by Gasteiger charge is -2.25. The molecule has 3 rings (SSSR count). The van der Waals surface area contributed by atoms with E-state index in [1.807, 2.05) is 85.8 Å². The van der Waals surface area contributed by atoms with Crippen LogP contribution in [-0.2, 0) is 11.3 Å². The summed E-state index contributed by atoms with van der Waals surface area (Å²) in [5, 5.41) is 0. The predicted molar refractivity (Wildman–Crippen MR) is 96.7 cm³/mol. The Hall–Kier alpha value is -2.94. The van der Waals surface area contributed by atoms with Gasteiger partial charge in [0.1, 0.15) is 5.82 Å². The van der Waals surface area contributed by atoms with Gasteiger partial charge in [0.15, 0.2) is 0 Å². The van der Waals surface area contributed by atoms with E-state index in [0.29, 0.717) is 12.4 Å². The summed E-state index contributed by atoms with van der Waals surface area (Å²) in [6.07, 6.45) is 1.72. The Morgan fingerprint density at radius 3 is 2.17 bits per heavy atom. The third kappa shape index (κ3) is 3.69. The van der Waals surface area contributed by atoms with Crippen molar-refractivity contribution in [1.29, 1.82) is 0 Å². The second-order valence-corrected chi connectivity index (χ2v) is 5.73. The van der Waals surface area contributed by atoms with Crippen molar-refractivity contribution in [3.63, 3.8) is 0 Å². The second-order valence-electron chi connectivity index (χ2n) is 5.73. The van der Waals surface area contributed by atoms with Crippen LogP contribution >= 0.6 is 0 Å². The van der Waals surface area contributed by atoms with E-state index in [9.17, 15) is 4.79 Å². The van der Waals surface area contributed by atoms with Crippen molar-refractivity contribution in [3.8, 4) is 0 Å². The zero-order valence-corrected chi connectivity index (χ0v) is 13.7. The maximum absolute atomic E-state index is 13.1. The molecule has 0 aliphatic carbocycles. The molecule has 0 aliphatic heterocycles. The second kappa shape index (κ2) is 7.55. The number of pyridine rings is 1. The van der Waals surface area contributed by atoms with Gasteiger partial charge in [-0.3, -0.25) is 9.69 Å². The molecular formula is C21H20N2O. The summed E-state index contributed by atoms with van der Waals surface area (Å²) in [4.78, 5) is 19.3. The fraction of sp³-hybridized carbons (Fsp3) is 0.143. The maximum Gasteiger partial charge on any atom is 0.235 e. The Kier molecular flexibility index (Phi) is 5.02. The number of amides is 1. The molecule has 1 amide bonds. The first-order chi connectivity index (χ1) is 11.8. The number of carbonyl (C=O) groups excluding carboxylic acids is 1. The molecule has 0 fully saturated rings. The SMILES string of the molecule is CC(C(=O)N(Cc1ccccc1)c1ccccn1)c1ccccc1. The first-order valence-electron chi connectivity index (χ1n) is 8.07. The van der Waals surface area contributed by atoms with E-state index in [4.69, 9.17) is 0 Å². The van der Waals surface area contributed by atoms with Crippen LogP contribution in [0.25, 0.3) is 0 Å². The molecule has 0 spiro atoms. The van der Waals surface area contributed by atoms with Crippen molar-refractivity contribution in [3.05, 3.63) is 96.2 Å². The fourth-order valence-corrected chi connectivity index (χ4v) is 2.67. The van der Waals surface area contributed by atoms with Gasteiger partial charge in [0, 0.05) is 6.20 Å². The Bertz CT molecular complexity index is 773. The van der Waals surface area contributed by atoms with Crippen molar-refractivity contribution < 1.29 is 4.79 Å². The number of aromatic nitrogens is 1. The predicted octanol–water partition coefficient (Wildman–Crippen LogP) is 4.42. The molecular weight excluding hydrogens is 296 g/mol. The monoisotopic (exact) mass is 316 g/mol. The van der Waals surface area contributed by atoms with Crippen molar-refractivity contribution in [1.82, 2.24) is 4.98 Å². The lowest BCUT2D eigenvalue weighted by molar-refractivity contribution is -0.119. The highest BCUT2D eigenvalue weighted by atomic mass is 16.2. The van der Waals surface area contributed by atoms with E-state index in [0.717, 1.165) is 11.1 Å². The summed E-state index contributed by atoms with van der Waals surface area (Å²) in [5.41, 5.74) is 2.09. The minimum Gasteiger partial charge on any atom is -0.292 e. The van der Waals surface area contributed by atoms with E-state index in [2.05, 4.69) is 4.98 Å². The number of carbonyl (C=O) groups is 1. The molecule has 0 aliphatic rings. The van der Waals surface area contributed by atoms with Gasteiger partial charge in [0.2, 0.25) is 5.91 Å². The number of rotatable bonds is 5. The number of anilines is 1. The van der Waals surface area contributed by atoms with Crippen LogP contribution in [0, 0.1) is 0 Å². The van der Waals surface area contributed by atoms with Gasteiger partial charge in [-0.15, -0.1) is 0 Å². The van der Waals surface area contributed by atoms with Crippen LogP contribution in [0.5, 0.6) is 0 Å². The first kappa shape index (κ1) is 15.9. The fourth-order valence-electron chi connectivity index (χ4n) is 2.67. The molecule has 3 aromatic rings. The topological polar surface area (TPSA) is 33.2 Å². The van der Waals surface area contributed by atoms with Gasteiger partial charge < -0.3 is 0 Å². The van der Waals surface area contributed by atoms with Gasteiger partial charge >= 0.3 is 0 Å². The van der Waals surface area contributed by atoms with Crippen molar-refractivity contribution in [2.45, 2.75) is 19.4 Å². The standard InChI is InChI=1S/C21H20N2O/c1-17(19-12-6-3-7-13-19)21(24)23(20-14-8-9-15-22-20)16-18-10-4-2-5-11-18/h2-15,17H,16H2,1H3. The molecule has 0 N–H and O–H groups in total. The highest BCUT2D eigenvalue weighted by Crippen LogP contribution is 2.23. The highest BCUT2D eigenvalue weighted by molar-refractivity contribution is 5.97. The molecule has 3 nitrogen and oxygen atoms in total. The highest BCUT2D eigenvalue weighted by Gasteiger charge is 2.24. The average Bonchev–Trinajstić information content (AvgIpc) is 2.67. The van der Waals surface area contributed by atoms with Gasteiger partial charge in [-0.05, 0) is 30.2 Å². The van der Waals surface area contributed by atoms with E-state index in [1.165, 1.54) is 0 Å². The molecule has 120 valence electrons. The zero-order chi connectivity index (χ0) is 16.8. The maximum atomic E-state index is 13.1. The third-order valence-corrected chi connectivity index (χ3v) is 4.05. The van der Waals surface area contributed by atoms with Crippen LogP contribution in [0.2, 0.25) is 0 Å². The van der Waals surface area contributed by atoms with Crippen molar-refractivity contribution in [2.24, 2.45) is 0 Å². The number of benzene rings is 2. The summed E-state index contributed by atoms with van der Waals surface area (Å²) in [6, 6.07) is 25.5. The van der Waals surface area contributed by atoms with E-state index >= 15 is 0 Å². The molecule has 1 unspecified atom stereocenters. The van der Waals surface area contributed by atoms with Gasteiger partial charge in [0.05, 0.1) is 12.5 Å². The Labute approximate surface area is 142 Å². The smallest absolute Gasteiger partial charge is 0.235 e. The van der Waals surface area contributed by atoms with Crippen molar-refractivity contribution in [2.75, 3.05) is 4.90 Å². The summed E-state index contributed by atoms with van der Waals surface area (Å²) in [6.45, 7) is 2.45. The van der Waals surface area contributed by atoms with Crippen molar-refractivity contribution >= 4 is 11.7 Å². The molecule has 1 heterocycles. The van der Waals surface area contributed by atoms with Crippen LogP contribution in [0.1, 0.15) is 24.0 Å². The normalized spacial score (nSPS) is 11.7. The Morgan fingerprint density at radius 1 is 0.917 bits per heavy atom. The molecule has 3 heteroatoms. The lowest BCUT2D eigenvalue weighted by Crippen LogP contribution is -2.34. The lowest BCUT2D eigenvalue weighted by atomic mass is 9.99. The van der Waals surface area contributed by atoms with E-state index in [-0.39, 0.29) is 11.8 Å². The third-order valence-electron chi connectivity index (χ3n) is 4.05. The molecule has 0 bridgehead atoms. The van der Waals surface area contributed by atoms with Crippen LogP contribution in [0.3, 0.4) is 0 Å². The van der Waals surface area contributed by atoms with Gasteiger partial charge in [-0.25, -0.2) is 4.98 Å². The molecule has 2 aromatic carbocycles. The van der Waals surface area contributed by atoms with Gasteiger partial charge in [-0.1, -0.05) is 66.7 Å². The van der Waals surface area contributed by atoms with Crippen LogP contribution in [0.15, 0.2) is 85.1 Å². The average molecular weight is 316 g/mol. The number of hydrogen-bond donors (Lipinski definition) is 0. The molecule has 1 aromatic heterocycles. The van der Waals surface area contributed by atoms with Crippen LogP contribution in [0.4, 0.5) is 5.82 Å². The molecule has 24 heavy (non-hydrogen) atoms. The molecule has 0 saturated carbocycles. The van der Waals surface area contributed by atoms with E-state index in [1.54, 1.807) is 11.1 Å². The van der Waals surface area contributed by atoms with Gasteiger partial charge in [0.25, 0.3) is 0 Å². The summed E-state index contributed by atoms with van der Waals surface area (Å²) in [5.74, 6) is 0.495. The van der Waals surface area contributed by atoms with Gasteiger partial charge in [-0.2, -0.15) is 0 Å². The van der Waals surface area contributed by atoms with Crippen LogP contribution < -0.4 is 4.90 Å². The molecule has 0 radical (unpaired) electrons. The zero-order valence-electron chi connectivity index (χ0n) is 13.7. The minimum absolute atomic E-state index is 0.0451. The first-order valence-corrected chi connectivity index (χ1v) is 8.07. The number of nitrogens with zero attached hydrogens (tertiary/aromatic N) is 2. The summed E-state index contributed by atoms with van der Waals surface area (Å²) >= 11 is 0. The van der Waals surface area contributed by atoms with E-state index < -0.39 is 0 Å². The Balaban J connectivity index is 1.91. The summed E-state index contributed by atoms with van der Waals surface area (Å²) in [7, 11) is 0. The number of hydrogen-bond acceptors (Lipinski definition) is 2. The molecule has 1 atom stereocenters. The minimum atomic E-state index is -0.225. The van der Waals surface area contributed by atoms with Crippen LogP contribution in [-0.4, -0.2) is 10.9 Å². The quantitative estimate of drug-likeness (QED) is 0.698. The Morgan fingerprint density at radius 2 is 1.54 bits per heavy atom.